The smallest absolute Gasteiger partial charge is 0.457 e. The van der Waals surface area contributed by atoms with Gasteiger partial charge in [-0.3, -0.25) is 4.90 Å². The Kier molecular flexibility index (Phi) is 8.09. The lowest BCUT2D eigenvalue weighted by Gasteiger charge is -2.49. The Hall–Kier alpha value is -1.61. The molecule has 0 radical (unpaired) electrons. The highest BCUT2D eigenvalue weighted by atomic mass is 16.7. The quantitative estimate of drug-likeness (QED) is 0.327. The largest absolute Gasteiger partial charge is 0.467 e. The summed E-state index contributed by atoms with van der Waals surface area (Å²) in [6, 6.07) is 0. The van der Waals surface area contributed by atoms with Gasteiger partial charge >= 0.3 is 19.2 Å². The number of aldehydes is 1. The molecule has 2 heterocycles. The van der Waals surface area contributed by atoms with Crippen LogP contribution in [-0.2, 0) is 28.4 Å². The molecule has 1 amide bonds. The predicted molar refractivity (Wildman–Crippen MR) is 121 cm³/mol. The van der Waals surface area contributed by atoms with Crippen molar-refractivity contribution in [1.29, 1.82) is 0 Å². The van der Waals surface area contributed by atoms with E-state index in [1.165, 1.54) is 12.0 Å². The maximum atomic E-state index is 13.1. The Morgan fingerprint density at radius 1 is 1.16 bits per heavy atom. The van der Waals surface area contributed by atoms with Gasteiger partial charge in [-0.25, -0.2) is 9.59 Å². The van der Waals surface area contributed by atoms with Gasteiger partial charge in [-0.15, -0.1) is 0 Å². The van der Waals surface area contributed by atoms with Crippen LogP contribution in [0.4, 0.5) is 4.79 Å². The van der Waals surface area contributed by atoms with E-state index < -0.39 is 34.4 Å². The molecule has 0 bridgehead atoms. The lowest BCUT2D eigenvalue weighted by atomic mass is 9.70. The molecule has 0 aromatic carbocycles. The van der Waals surface area contributed by atoms with E-state index in [1.54, 1.807) is 20.8 Å². The number of methoxy groups -OCH3 is 1. The van der Waals surface area contributed by atoms with Crippen LogP contribution in [0.1, 0.15) is 80.6 Å². The third kappa shape index (κ3) is 5.47. The SMILES string of the molecule is COC(=O)C1(CC=O)C(CCCB2OC(C)(C)C(C)(C)O2)CCCN1C(=O)OC(C)(C)C. The van der Waals surface area contributed by atoms with Crippen LogP contribution in [0.2, 0.25) is 6.32 Å². The van der Waals surface area contributed by atoms with Gasteiger partial charge in [0.1, 0.15) is 11.9 Å². The van der Waals surface area contributed by atoms with Crippen LogP contribution in [0.25, 0.3) is 0 Å². The van der Waals surface area contributed by atoms with Crippen molar-refractivity contribution in [2.45, 2.75) is 109 Å². The van der Waals surface area contributed by atoms with E-state index in [-0.39, 0.29) is 19.5 Å². The zero-order valence-corrected chi connectivity index (χ0v) is 21.0. The number of likely N-dealkylation sites (tertiary alicyclic amines) is 1. The first-order chi connectivity index (χ1) is 14.7. The number of hydrogen-bond acceptors (Lipinski definition) is 7. The third-order valence-corrected chi connectivity index (χ3v) is 6.93. The van der Waals surface area contributed by atoms with E-state index in [0.29, 0.717) is 32.0 Å². The van der Waals surface area contributed by atoms with E-state index in [4.69, 9.17) is 18.8 Å². The van der Waals surface area contributed by atoms with Crippen LogP contribution in [0.15, 0.2) is 0 Å². The molecule has 0 aromatic heterocycles. The summed E-state index contributed by atoms with van der Waals surface area (Å²) in [7, 11) is 0.960. The van der Waals surface area contributed by atoms with Crippen LogP contribution in [-0.4, -0.2) is 66.4 Å². The maximum absolute atomic E-state index is 13.1. The van der Waals surface area contributed by atoms with Gasteiger partial charge in [0.05, 0.1) is 18.3 Å². The summed E-state index contributed by atoms with van der Waals surface area (Å²) in [5.41, 5.74) is -2.89. The third-order valence-electron chi connectivity index (χ3n) is 6.93. The molecule has 32 heavy (non-hydrogen) atoms. The number of ether oxygens (including phenoxy) is 2. The molecule has 0 aromatic rings. The van der Waals surface area contributed by atoms with Crippen molar-refractivity contribution < 1.29 is 33.2 Å². The Balaban J connectivity index is 2.20. The van der Waals surface area contributed by atoms with Gasteiger partial charge in [0.2, 0.25) is 0 Å². The minimum Gasteiger partial charge on any atom is -0.467 e. The number of carbonyl (C=O) groups is 3. The van der Waals surface area contributed by atoms with E-state index >= 15 is 0 Å². The van der Waals surface area contributed by atoms with Gasteiger partial charge in [-0.1, -0.05) is 6.42 Å². The van der Waals surface area contributed by atoms with Crippen molar-refractivity contribution >= 4 is 25.5 Å². The second-order valence-corrected chi connectivity index (χ2v) is 10.9. The molecule has 2 rings (SSSR count). The lowest BCUT2D eigenvalue weighted by Crippen LogP contribution is -2.65. The van der Waals surface area contributed by atoms with Crippen LogP contribution in [0.5, 0.6) is 0 Å². The number of piperidine rings is 1. The highest BCUT2D eigenvalue weighted by molar-refractivity contribution is 6.45. The van der Waals surface area contributed by atoms with Crippen molar-refractivity contribution in [3.05, 3.63) is 0 Å². The standard InChI is InChI=1S/C23H40BNO7/c1-20(2,3)30-19(28)25-15-10-12-17(23(25,13-16-26)18(27)29-8)11-9-14-24-31-21(4,5)22(6,7)32-24/h16-17H,9-15H2,1-8H3. The van der Waals surface area contributed by atoms with Crippen molar-refractivity contribution in [1.82, 2.24) is 4.90 Å². The van der Waals surface area contributed by atoms with Crippen molar-refractivity contribution in [3.8, 4) is 0 Å². The molecule has 9 heteroatoms. The summed E-state index contributed by atoms with van der Waals surface area (Å²) >= 11 is 0. The topological polar surface area (TPSA) is 91.4 Å². The Labute approximate surface area is 192 Å². The minimum atomic E-state index is -1.37. The molecule has 0 saturated carbocycles. The summed E-state index contributed by atoms with van der Waals surface area (Å²) in [5, 5.41) is 0. The molecule has 2 fully saturated rings. The first kappa shape index (κ1) is 26.6. The zero-order chi connectivity index (χ0) is 24.4. The highest BCUT2D eigenvalue weighted by Crippen LogP contribution is 2.42. The van der Waals surface area contributed by atoms with Crippen LogP contribution in [0, 0.1) is 5.92 Å². The first-order valence-electron chi connectivity index (χ1n) is 11.6. The number of carbonyl (C=O) groups excluding carboxylic acids is 3. The molecule has 8 nitrogen and oxygen atoms in total. The van der Waals surface area contributed by atoms with Gasteiger partial charge < -0.3 is 23.6 Å². The van der Waals surface area contributed by atoms with E-state index in [0.717, 1.165) is 12.8 Å². The summed E-state index contributed by atoms with van der Waals surface area (Å²) in [6.45, 7) is 13.7. The summed E-state index contributed by atoms with van der Waals surface area (Å²) in [6.07, 6.45) is 3.42. The number of esters is 1. The molecule has 0 N–H and O–H groups in total. The maximum Gasteiger partial charge on any atom is 0.457 e. The normalized spacial score (nSPS) is 27.2. The van der Waals surface area contributed by atoms with E-state index in [1.807, 2.05) is 27.7 Å². The van der Waals surface area contributed by atoms with Gasteiger partial charge in [0.25, 0.3) is 0 Å². The molecule has 2 aliphatic heterocycles. The fraction of sp³-hybridized carbons (Fsp3) is 0.870. The fourth-order valence-corrected chi connectivity index (χ4v) is 4.66. The summed E-state index contributed by atoms with van der Waals surface area (Å²) in [4.78, 5) is 39.2. The fourth-order valence-electron chi connectivity index (χ4n) is 4.66. The second kappa shape index (κ2) is 9.71. The van der Waals surface area contributed by atoms with Gasteiger partial charge in [0.15, 0.2) is 5.54 Å². The Morgan fingerprint density at radius 2 is 1.75 bits per heavy atom. The van der Waals surface area contributed by atoms with Crippen LogP contribution >= 0.6 is 0 Å². The Morgan fingerprint density at radius 3 is 2.25 bits per heavy atom. The predicted octanol–water partition coefficient (Wildman–Crippen LogP) is 4.01. The Bertz CT molecular complexity index is 687. The van der Waals surface area contributed by atoms with Crippen molar-refractivity contribution in [2.75, 3.05) is 13.7 Å². The van der Waals surface area contributed by atoms with Gasteiger partial charge in [-0.2, -0.15) is 0 Å². The summed E-state index contributed by atoms with van der Waals surface area (Å²) < 4.78 is 22.9. The van der Waals surface area contributed by atoms with Crippen molar-refractivity contribution in [2.24, 2.45) is 5.92 Å². The van der Waals surface area contributed by atoms with Gasteiger partial charge in [-0.05, 0) is 80.0 Å². The van der Waals surface area contributed by atoms with E-state index in [2.05, 4.69) is 0 Å². The zero-order valence-electron chi connectivity index (χ0n) is 21.0. The van der Waals surface area contributed by atoms with Crippen LogP contribution in [0.3, 0.4) is 0 Å². The molecule has 2 atom stereocenters. The summed E-state index contributed by atoms with van der Waals surface area (Å²) in [5.74, 6) is -0.806. The molecule has 0 aliphatic carbocycles. The first-order valence-corrected chi connectivity index (χ1v) is 11.6. The second-order valence-electron chi connectivity index (χ2n) is 10.9. The number of nitrogens with zero attached hydrogens (tertiary/aromatic N) is 1. The minimum absolute atomic E-state index is 0.125. The monoisotopic (exact) mass is 453 g/mol. The molecule has 2 unspecified atom stereocenters. The molecular weight excluding hydrogens is 413 g/mol. The van der Waals surface area contributed by atoms with Crippen LogP contribution < -0.4 is 0 Å². The number of hydrogen-bond donors (Lipinski definition) is 0. The van der Waals surface area contributed by atoms with E-state index in [9.17, 15) is 14.4 Å². The molecular formula is C23H40BNO7. The lowest BCUT2D eigenvalue weighted by molar-refractivity contribution is -0.164. The average molecular weight is 453 g/mol. The highest BCUT2D eigenvalue weighted by Gasteiger charge is 2.56. The average Bonchev–Trinajstić information content (AvgIpc) is 2.87. The number of amides is 1. The molecule has 2 aliphatic rings. The molecule has 0 spiro atoms. The number of rotatable bonds is 7. The van der Waals surface area contributed by atoms with Gasteiger partial charge in [0, 0.05) is 13.0 Å². The molecule has 182 valence electrons. The molecule has 2 saturated heterocycles. The van der Waals surface area contributed by atoms with Crippen molar-refractivity contribution in [3.63, 3.8) is 0 Å².